The van der Waals surface area contributed by atoms with Crippen LogP contribution in [-0.4, -0.2) is 46.5 Å². The Kier molecular flexibility index (Phi) is 8.28. The highest BCUT2D eigenvalue weighted by Crippen LogP contribution is 2.34. The van der Waals surface area contributed by atoms with Crippen molar-refractivity contribution in [3.8, 4) is 16.8 Å². The first-order valence-corrected chi connectivity index (χ1v) is 15.1. The number of rotatable bonds is 10. The van der Waals surface area contributed by atoms with Gasteiger partial charge in [0.2, 0.25) is 15.9 Å². The van der Waals surface area contributed by atoms with Gasteiger partial charge >= 0.3 is 0 Å². The molecular weight excluding hydrogens is 534 g/mol. The third-order valence-corrected chi connectivity index (χ3v) is 8.90. The van der Waals surface area contributed by atoms with E-state index < -0.39 is 15.9 Å². The summed E-state index contributed by atoms with van der Waals surface area (Å²) < 4.78 is 30.9. The fraction of sp³-hybridized carbons (Fsp3) is 0.219. The number of fused-ring (bicyclic) bond motifs is 1. The summed E-state index contributed by atoms with van der Waals surface area (Å²) in [5.41, 5.74) is 4.62. The largest absolute Gasteiger partial charge is 0.309 e. The zero-order valence-corrected chi connectivity index (χ0v) is 24.2. The Morgan fingerprint density at radius 2 is 1.66 bits per heavy atom. The van der Waals surface area contributed by atoms with Crippen molar-refractivity contribution in [2.75, 3.05) is 18.4 Å². The van der Waals surface area contributed by atoms with Crippen LogP contribution in [0.1, 0.15) is 31.0 Å². The van der Waals surface area contributed by atoms with Crippen LogP contribution in [0.4, 0.5) is 5.82 Å². The van der Waals surface area contributed by atoms with Crippen LogP contribution >= 0.6 is 0 Å². The molecule has 2 aromatic heterocycles. The first-order chi connectivity index (χ1) is 19.8. The lowest BCUT2D eigenvalue weighted by Crippen LogP contribution is -2.39. The van der Waals surface area contributed by atoms with Gasteiger partial charge in [0.1, 0.15) is 10.7 Å². The molecule has 0 aliphatic carbocycles. The number of carbonyl (C=O) groups excluding carboxylic acids is 1. The van der Waals surface area contributed by atoms with Gasteiger partial charge in [0, 0.05) is 23.7 Å². The van der Waals surface area contributed by atoms with E-state index in [-0.39, 0.29) is 18.0 Å². The van der Waals surface area contributed by atoms with Crippen molar-refractivity contribution in [1.29, 1.82) is 0 Å². The monoisotopic (exact) mass is 567 g/mol. The molecule has 0 aliphatic rings. The maximum atomic E-state index is 14.0. The number of amides is 1. The SMILES string of the molecule is CCCCN(CC(=O)Nc1c(-c2ccccc2)c(C)nn1-c1ccccc1C)S(=O)(=O)c1cccc2cccnc12. The van der Waals surface area contributed by atoms with Crippen LogP contribution in [-0.2, 0) is 14.8 Å². The highest BCUT2D eigenvalue weighted by molar-refractivity contribution is 7.89. The minimum atomic E-state index is -4.03. The highest BCUT2D eigenvalue weighted by atomic mass is 32.2. The molecule has 0 fully saturated rings. The Hall–Kier alpha value is -4.34. The predicted molar refractivity (Wildman–Crippen MR) is 163 cm³/mol. The van der Waals surface area contributed by atoms with Crippen molar-refractivity contribution in [1.82, 2.24) is 19.1 Å². The van der Waals surface area contributed by atoms with Gasteiger partial charge in [-0.25, -0.2) is 13.1 Å². The van der Waals surface area contributed by atoms with Crippen molar-refractivity contribution in [3.05, 3.63) is 102 Å². The number of benzene rings is 3. The molecule has 3 aromatic carbocycles. The van der Waals surface area contributed by atoms with Gasteiger partial charge in [0.25, 0.3) is 0 Å². The van der Waals surface area contributed by atoms with Crippen molar-refractivity contribution >= 4 is 32.7 Å². The molecule has 8 nitrogen and oxygen atoms in total. The number of para-hydroxylation sites is 2. The molecule has 41 heavy (non-hydrogen) atoms. The summed E-state index contributed by atoms with van der Waals surface area (Å²) in [6, 6.07) is 26.2. The molecular formula is C32H33N5O3S. The van der Waals surface area contributed by atoms with Crippen molar-refractivity contribution in [2.24, 2.45) is 0 Å². The van der Waals surface area contributed by atoms with E-state index in [1.54, 1.807) is 29.1 Å². The second-order valence-electron chi connectivity index (χ2n) is 9.94. The molecule has 5 aromatic rings. The fourth-order valence-corrected chi connectivity index (χ4v) is 6.54. The van der Waals surface area contributed by atoms with Crippen LogP contribution in [0.2, 0.25) is 0 Å². The smallest absolute Gasteiger partial charge is 0.245 e. The van der Waals surface area contributed by atoms with E-state index in [4.69, 9.17) is 5.10 Å². The molecule has 5 rings (SSSR count). The standard InChI is InChI=1S/C32H33N5O3S/c1-4-5-21-36(41(39,40)28-19-11-16-26-17-12-20-33-31(26)28)22-29(38)34-32-30(25-14-7-6-8-15-25)24(3)35-37(32)27-18-10-9-13-23(27)2/h6-20H,4-5,21-22H2,1-3H3,(H,34,38). The molecule has 0 bridgehead atoms. The average molecular weight is 568 g/mol. The summed E-state index contributed by atoms with van der Waals surface area (Å²) in [5, 5.41) is 8.54. The quantitative estimate of drug-likeness (QED) is 0.219. The summed E-state index contributed by atoms with van der Waals surface area (Å²) >= 11 is 0. The maximum Gasteiger partial charge on any atom is 0.245 e. The summed E-state index contributed by atoms with van der Waals surface area (Å²) in [5.74, 6) is 0.0393. The Labute approximate surface area is 240 Å². The van der Waals surface area contributed by atoms with Gasteiger partial charge in [-0.15, -0.1) is 0 Å². The number of carbonyl (C=O) groups is 1. The number of hydrogen-bond acceptors (Lipinski definition) is 5. The van der Waals surface area contributed by atoms with Gasteiger partial charge in [-0.1, -0.05) is 80.1 Å². The molecule has 0 saturated heterocycles. The molecule has 1 amide bonds. The first kappa shape index (κ1) is 28.2. The topological polar surface area (TPSA) is 97.2 Å². The lowest BCUT2D eigenvalue weighted by molar-refractivity contribution is -0.116. The van der Waals surface area contributed by atoms with Gasteiger partial charge in [-0.05, 0) is 49.6 Å². The lowest BCUT2D eigenvalue weighted by atomic mass is 10.1. The van der Waals surface area contributed by atoms with E-state index in [0.29, 0.717) is 17.8 Å². The van der Waals surface area contributed by atoms with Crippen molar-refractivity contribution in [3.63, 3.8) is 0 Å². The van der Waals surface area contributed by atoms with E-state index in [2.05, 4.69) is 10.3 Å². The Balaban J connectivity index is 1.54. The Morgan fingerprint density at radius 3 is 2.41 bits per heavy atom. The van der Waals surface area contributed by atoms with Gasteiger partial charge in [0.15, 0.2) is 0 Å². The molecule has 0 radical (unpaired) electrons. The molecule has 2 heterocycles. The lowest BCUT2D eigenvalue weighted by Gasteiger charge is -2.22. The number of aromatic nitrogens is 3. The van der Waals surface area contributed by atoms with Crippen LogP contribution in [0.25, 0.3) is 27.7 Å². The summed E-state index contributed by atoms with van der Waals surface area (Å²) in [4.78, 5) is 18.1. The molecule has 210 valence electrons. The van der Waals surface area contributed by atoms with Crippen LogP contribution < -0.4 is 5.32 Å². The van der Waals surface area contributed by atoms with Crippen molar-refractivity contribution < 1.29 is 13.2 Å². The Bertz CT molecular complexity index is 1790. The van der Waals surface area contributed by atoms with E-state index in [1.165, 1.54) is 4.31 Å². The second-order valence-corrected chi connectivity index (χ2v) is 11.9. The molecule has 0 aliphatic heterocycles. The van der Waals surface area contributed by atoms with E-state index in [1.807, 2.05) is 87.5 Å². The van der Waals surface area contributed by atoms with E-state index in [0.717, 1.165) is 39.9 Å². The Morgan fingerprint density at radius 1 is 0.927 bits per heavy atom. The summed E-state index contributed by atoms with van der Waals surface area (Å²) in [6.07, 6.45) is 2.96. The number of unbranched alkanes of at least 4 members (excludes halogenated alkanes) is 1. The number of nitrogens with one attached hydrogen (secondary N) is 1. The third-order valence-electron chi connectivity index (χ3n) is 7.02. The highest BCUT2D eigenvalue weighted by Gasteiger charge is 2.29. The number of sulfonamides is 1. The zero-order chi connectivity index (χ0) is 29.0. The van der Waals surface area contributed by atoms with Crippen LogP contribution in [0.3, 0.4) is 0 Å². The zero-order valence-electron chi connectivity index (χ0n) is 23.4. The van der Waals surface area contributed by atoms with Gasteiger partial charge in [-0.2, -0.15) is 9.40 Å². The minimum absolute atomic E-state index is 0.0882. The average Bonchev–Trinajstić information content (AvgIpc) is 3.30. The molecule has 0 saturated carbocycles. The molecule has 0 unspecified atom stereocenters. The molecule has 0 atom stereocenters. The van der Waals surface area contributed by atoms with Crippen LogP contribution in [0, 0.1) is 13.8 Å². The summed E-state index contributed by atoms with van der Waals surface area (Å²) in [7, 11) is -4.03. The number of nitrogens with zero attached hydrogens (tertiary/aromatic N) is 4. The fourth-order valence-electron chi connectivity index (χ4n) is 4.94. The van der Waals surface area contributed by atoms with Gasteiger partial charge in [-0.3, -0.25) is 9.78 Å². The number of anilines is 1. The van der Waals surface area contributed by atoms with Crippen LogP contribution in [0.5, 0.6) is 0 Å². The summed E-state index contributed by atoms with van der Waals surface area (Å²) in [6.45, 7) is 5.73. The molecule has 1 N–H and O–H groups in total. The van der Waals surface area contributed by atoms with E-state index >= 15 is 0 Å². The molecule has 0 spiro atoms. The van der Waals surface area contributed by atoms with Crippen LogP contribution in [0.15, 0.2) is 96.0 Å². The molecule has 9 heteroatoms. The third kappa shape index (κ3) is 5.77. The van der Waals surface area contributed by atoms with Gasteiger partial charge < -0.3 is 5.32 Å². The normalized spacial score (nSPS) is 11.7. The maximum absolute atomic E-state index is 14.0. The number of pyridine rings is 1. The minimum Gasteiger partial charge on any atom is -0.309 e. The van der Waals surface area contributed by atoms with E-state index in [9.17, 15) is 13.2 Å². The first-order valence-electron chi connectivity index (χ1n) is 13.7. The predicted octanol–water partition coefficient (Wildman–Crippen LogP) is 6.13. The number of aryl methyl sites for hydroxylation is 2. The van der Waals surface area contributed by atoms with Gasteiger partial charge in [0.05, 0.1) is 23.4 Å². The second kappa shape index (κ2) is 12.0. The van der Waals surface area contributed by atoms with Crippen molar-refractivity contribution in [2.45, 2.75) is 38.5 Å². The number of hydrogen-bond donors (Lipinski definition) is 1.